The molecular formula is C29H28FN3O2. The lowest BCUT2D eigenvalue weighted by Crippen LogP contribution is -2.24. The van der Waals surface area contributed by atoms with Gasteiger partial charge in [-0.15, -0.1) is 0 Å². The van der Waals surface area contributed by atoms with Gasteiger partial charge in [0, 0.05) is 33.8 Å². The summed E-state index contributed by atoms with van der Waals surface area (Å²) < 4.78 is 16.3. The first-order chi connectivity index (χ1) is 17.1. The molecule has 2 N–H and O–H groups in total. The summed E-state index contributed by atoms with van der Waals surface area (Å²) in [5, 5.41) is 6.78. The summed E-state index contributed by atoms with van der Waals surface area (Å²) in [6.07, 6.45) is 5.23. The summed E-state index contributed by atoms with van der Waals surface area (Å²) in [6.45, 7) is 0.210. The second kappa shape index (κ2) is 10.1. The highest BCUT2D eigenvalue weighted by Gasteiger charge is 2.22. The molecule has 178 valence electrons. The number of carbonyl (C=O) groups excluding carboxylic acids is 2. The van der Waals surface area contributed by atoms with E-state index >= 15 is 0 Å². The second-order valence-electron chi connectivity index (χ2n) is 9.13. The molecular weight excluding hydrogens is 441 g/mol. The van der Waals surface area contributed by atoms with Crippen LogP contribution < -0.4 is 10.6 Å². The number of aromatic nitrogens is 1. The van der Waals surface area contributed by atoms with Gasteiger partial charge in [-0.2, -0.15) is 0 Å². The van der Waals surface area contributed by atoms with Crippen LogP contribution in [0.1, 0.15) is 48.2 Å². The fourth-order valence-corrected chi connectivity index (χ4v) is 4.83. The van der Waals surface area contributed by atoms with Crippen LogP contribution in [0.25, 0.3) is 10.9 Å². The molecule has 0 aliphatic heterocycles. The highest BCUT2D eigenvalue weighted by molar-refractivity contribution is 6.07. The van der Waals surface area contributed by atoms with E-state index in [1.807, 2.05) is 53.1 Å². The molecule has 1 aliphatic rings. The van der Waals surface area contributed by atoms with E-state index in [-0.39, 0.29) is 30.1 Å². The number of nitrogens with one attached hydrogen (secondary N) is 2. The van der Waals surface area contributed by atoms with Crippen LogP contribution >= 0.6 is 0 Å². The molecule has 1 aliphatic carbocycles. The Bertz CT molecular complexity index is 1360. The van der Waals surface area contributed by atoms with E-state index in [1.54, 1.807) is 24.3 Å². The van der Waals surface area contributed by atoms with Crippen LogP contribution in [0.3, 0.4) is 0 Å². The van der Waals surface area contributed by atoms with Crippen molar-refractivity contribution in [3.63, 3.8) is 0 Å². The summed E-state index contributed by atoms with van der Waals surface area (Å²) in [5.74, 6) is -0.495. The maximum absolute atomic E-state index is 14.5. The molecule has 6 heteroatoms. The predicted molar refractivity (Wildman–Crippen MR) is 137 cm³/mol. The molecule has 4 aromatic rings. The highest BCUT2D eigenvalue weighted by atomic mass is 19.1. The first-order valence-corrected chi connectivity index (χ1v) is 12.1. The number of nitrogens with zero attached hydrogens (tertiary/aromatic N) is 1. The van der Waals surface area contributed by atoms with E-state index in [4.69, 9.17) is 0 Å². The van der Waals surface area contributed by atoms with Crippen molar-refractivity contribution < 1.29 is 14.0 Å². The molecule has 1 fully saturated rings. The third-order valence-corrected chi connectivity index (χ3v) is 6.70. The molecule has 0 saturated heterocycles. The predicted octanol–water partition coefficient (Wildman–Crippen LogP) is 6.60. The van der Waals surface area contributed by atoms with Crippen molar-refractivity contribution in [1.29, 1.82) is 0 Å². The number of rotatable bonds is 6. The molecule has 1 aromatic heterocycles. The maximum atomic E-state index is 14.5. The third-order valence-electron chi connectivity index (χ3n) is 6.70. The van der Waals surface area contributed by atoms with Crippen molar-refractivity contribution in [2.45, 2.75) is 38.6 Å². The van der Waals surface area contributed by atoms with Crippen LogP contribution in [0.4, 0.5) is 15.8 Å². The van der Waals surface area contributed by atoms with Crippen molar-refractivity contribution in [3.8, 4) is 0 Å². The standard InChI is InChI=1S/C29H28FN3O2/c30-25-14-8-7-11-21(25)19-33-26-16-15-24(32-28(34)20-9-3-1-4-10-20)17-22(26)18-27(33)29(35)31-23-12-5-2-6-13-23/h2,5-8,11-18,20H,1,3-4,9-10,19H2,(H,31,35)(H,32,34). The number of amides is 2. The van der Waals surface area contributed by atoms with E-state index in [0.29, 0.717) is 22.6 Å². The Morgan fingerprint density at radius 1 is 0.829 bits per heavy atom. The van der Waals surface area contributed by atoms with Crippen LogP contribution in [0.5, 0.6) is 0 Å². The lowest BCUT2D eigenvalue weighted by molar-refractivity contribution is -0.120. The number of carbonyl (C=O) groups is 2. The summed E-state index contributed by atoms with van der Waals surface area (Å²) >= 11 is 0. The smallest absolute Gasteiger partial charge is 0.272 e. The van der Waals surface area contributed by atoms with Crippen LogP contribution in [-0.4, -0.2) is 16.4 Å². The Hall–Kier alpha value is -3.93. The molecule has 2 amide bonds. The van der Waals surface area contributed by atoms with Crippen molar-refractivity contribution in [1.82, 2.24) is 4.57 Å². The van der Waals surface area contributed by atoms with E-state index in [9.17, 15) is 14.0 Å². The van der Waals surface area contributed by atoms with Gasteiger partial charge in [0.25, 0.3) is 5.91 Å². The van der Waals surface area contributed by atoms with Gasteiger partial charge in [0.1, 0.15) is 11.5 Å². The van der Waals surface area contributed by atoms with Gasteiger partial charge in [-0.3, -0.25) is 9.59 Å². The van der Waals surface area contributed by atoms with Gasteiger partial charge in [0.05, 0.1) is 6.54 Å². The average Bonchev–Trinajstić information content (AvgIpc) is 3.24. The average molecular weight is 470 g/mol. The molecule has 5 nitrogen and oxygen atoms in total. The number of para-hydroxylation sites is 1. The van der Waals surface area contributed by atoms with E-state index in [2.05, 4.69) is 10.6 Å². The van der Waals surface area contributed by atoms with Gasteiger partial charge in [0.2, 0.25) is 5.91 Å². The summed E-state index contributed by atoms with van der Waals surface area (Å²) in [6, 6.07) is 23.2. The Balaban J connectivity index is 1.48. The fourth-order valence-electron chi connectivity index (χ4n) is 4.83. The fraction of sp³-hybridized carbons (Fsp3) is 0.241. The zero-order chi connectivity index (χ0) is 24.2. The monoisotopic (exact) mass is 469 g/mol. The van der Waals surface area contributed by atoms with E-state index < -0.39 is 0 Å². The Kier molecular flexibility index (Phi) is 6.62. The summed E-state index contributed by atoms with van der Waals surface area (Å²) in [4.78, 5) is 26.0. The molecule has 0 bridgehead atoms. The molecule has 1 saturated carbocycles. The highest BCUT2D eigenvalue weighted by Crippen LogP contribution is 2.28. The zero-order valence-electron chi connectivity index (χ0n) is 19.5. The van der Waals surface area contributed by atoms with Gasteiger partial charge in [-0.05, 0) is 55.3 Å². The Morgan fingerprint density at radius 2 is 1.57 bits per heavy atom. The van der Waals surface area contributed by atoms with Gasteiger partial charge < -0.3 is 15.2 Å². The van der Waals surface area contributed by atoms with Crippen molar-refractivity contribution in [2.24, 2.45) is 5.92 Å². The van der Waals surface area contributed by atoms with Crippen molar-refractivity contribution >= 4 is 34.1 Å². The van der Waals surface area contributed by atoms with Crippen LogP contribution in [0.15, 0.2) is 78.9 Å². The lowest BCUT2D eigenvalue weighted by atomic mass is 9.88. The van der Waals surface area contributed by atoms with Crippen LogP contribution in [0, 0.1) is 11.7 Å². The minimum atomic E-state index is -0.319. The Labute approximate surface area is 204 Å². The quantitative estimate of drug-likeness (QED) is 0.334. The molecule has 0 unspecified atom stereocenters. The SMILES string of the molecule is O=C(Nc1ccccc1)c1cc2cc(NC(=O)C3CCCCC3)ccc2n1Cc1ccccc1F. The summed E-state index contributed by atoms with van der Waals surface area (Å²) in [7, 11) is 0. The van der Waals surface area contributed by atoms with Crippen molar-refractivity contribution in [2.75, 3.05) is 10.6 Å². The van der Waals surface area contributed by atoms with Crippen molar-refractivity contribution in [3.05, 3.63) is 95.9 Å². The largest absolute Gasteiger partial charge is 0.332 e. The zero-order valence-corrected chi connectivity index (χ0v) is 19.5. The Morgan fingerprint density at radius 3 is 2.34 bits per heavy atom. The molecule has 0 radical (unpaired) electrons. The molecule has 1 heterocycles. The summed E-state index contributed by atoms with van der Waals surface area (Å²) in [5.41, 5.74) is 3.09. The second-order valence-corrected chi connectivity index (χ2v) is 9.13. The molecule has 35 heavy (non-hydrogen) atoms. The molecule has 3 aromatic carbocycles. The first kappa shape index (κ1) is 22.8. The van der Waals surface area contributed by atoms with E-state index in [0.717, 1.165) is 36.6 Å². The first-order valence-electron chi connectivity index (χ1n) is 12.1. The normalized spacial score (nSPS) is 14.1. The van der Waals surface area contributed by atoms with Gasteiger partial charge in [-0.1, -0.05) is 55.7 Å². The van der Waals surface area contributed by atoms with Gasteiger partial charge in [0.15, 0.2) is 0 Å². The topological polar surface area (TPSA) is 63.1 Å². The maximum Gasteiger partial charge on any atom is 0.272 e. The number of anilines is 2. The lowest BCUT2D eigenvalue weighted by Gasteiger charge is -2.20. The number of hydrogen-bond donors (Lipinski definition) is 2. The number of benzene rings is 3. The third kappa shape index (κ3) is 5.11. The number of halogens is 1. The molecule has 0 spiro atoms. The van der Waals surface area contributed by atoms with Crippen LogP contribution in [0.2, 0.25) is 0 Å². The van der Waals surface area contributed by atoms with Gasteiger partial charge in [-0.25, -0.2) is 4.39 Å². The van der Waals surface area contributed by atoms with E-state index in [1.165, 1.54) is 12.5 Å². The molecule has 0 atom stereocenters. The minimum absolute atomic E-state index is 0.0527. The minimum Gasteiger partial charge on any atom is -0.332 e. The van der Waals surface area contributed by atoms with Crippen LogP contribution in [-0.2, 0) is 11.3 Å². The van der Waals surface area contributed by atoms with Gasteiger partial charge >= 0.3 is 0 Å². The molecule has 5 rings (SSSR count). The number of fused-ring (bicyclic) bond motifs is 1. The number of hydrogen-bond acceptors (Lipinski definition) is 2.